The molecule has 6 heteroatoms. The molecule has 0 aromatic heterocycles. The van der Waals surface area contributed by atoms with Crippen LogP contribution in [0.3, 0.4) is 0 Å². The lowest BCUT2D eigenvalue weighted by Crippen LogP contribution is -2.46. The molecule has 132 valence electrons. The van der Waals surface area contributed by atoms with E-state index in [4.69, 9.17) is 4.74 Å². The van der Waals surface area contributed by atoms with Crippen LogP contribution in [-0.4, -0.2) is 40.6 Å². The maximum absolute atomic E-state index is 13.5. The highest BCUT2D eigenvalue weighted by Crippen LogP contribution is 2.34. The number of nitrogens with zero attached hydrogens (tertiary/aromatic N) is 1. The number of halogens is 1. The summed E-state index contributed by atoms with van der Waals surface area (Å²) in [4.78, 5) is 26.8. The Morgan fingerprint density at radius 1 is 1.33 bits per heavy atom. The molecule has 0 spiro atoms. The van der Waals surface area contributed by atoms with E-state index in [-0.39, 0.29) is 22.8 Å². The number of hydrogen-bond acceptors (Lipinski definition) is 4. The molecule has 1 aliphatic rings. The third-order valence-electron chi connectivity index (χ3n) is 3.95. The number of rotatable bonds is 7. The number of unbranched alkanes of at least 4 members (excludes halogenated alkanes) is 1. The quantitative estimate of drug-likeness (QED) is 0.552. The molecule has 0 radical (unpaired) electrons. The van der Waals surface area contributed by atoms with Crippen LogP contribution >= 0.6 is 11.8 Å². The van der Waals surface area contributed by atoms with E-state index in [1.54, 1.807) is 22.7 Å². The Morgan fingerprint density at radius 2 is 2.12 bits per heavy atom. The van der Waals surface area contributed by atoms with E-state index >= 15 is 0 Å². The van der Waals surface area contributed by atoms with Crippen molar-refractivity contribution >= 4 is 23.6 Å². The van der Waals surface area contributed by atoms with Crippen molar-refractivity contribution in [1.29, 1.82) is 0 Å². The minimum Gasteiger partial charge on any atom is -0.464 e. The second-order valence-electron chi connectivity index (χ2n) is 5.84. The van der Waals surface area contributed by atoms with Crippen LogP contribution in [0, 0.1) is 5.82 Å². The van der Waals surface area contributed by atoms with Crippen LogP contribution in [0.5, 0.6) is 0 Å². The number of benzene rings is 1. The lowest BCUT2D eigenvalue weighted by Gasteiger charge is -2.28. The second kappa shape index (κ2) is 9.06. The summed E-state index contributed by atoms with van der Waals surface area (Å²) in [6, 6.07) is 5.01. The zero-order chi connectivity index (χ0) is 17.5. The second-order valence-corrected chi connectivity index (χ2v) is 7.05. The van der Waals surface area contributed by atoms with Gasteiger partial charge < -0.3 is 9.64 Å². The van der Waals surface area contributed by atoms with Crippen LogP contribution in [-0.2, 0) is 9.53 Å². The third-order valence-corrected chi connectivity index (χ3v) is 5.30. The van der Waals surface area contributed by atoms with Gasteiger partial charge in [-0.3, -0.25) is 4.79 Å². The molecular formula is C18H24FNO3S. The van der Waals surface area contributed by atoms with E-state index < -0.39 is 11.9 Å². The number of carbonyl (C=O) groups is 2. The molecule has 1 aromatic carbocycles. The lowest BCUT2D eigenvalue weighted by atomic mass is 10.1. The van der Waals surface area contributed by atoms with Gasteiger partial charge in [-0.05, 0) is 31.0 Å². The first-order valence-corrected chi connectivity index (χ1v) is 9.49. The predicted molar refractivity (Wildman–Crippen MR) is 93.4 cm³/mol. The average molecular weight is 353 g/mol. The Hall–Kier alpha value is -1.56. The lowest BCUT2D eigenvalue weighted by molar-refractivity contribution is -0.148. The van der Waals surface area contributed by atoms with Crippen molar-refractivity contribution in [2.75, 3.05) is 12.4 Å². The average Bonchev–Trinajstić information content (AvgIpc) is 2.98. The summed E-state index contributed by atoms with van der Waals surface area (Å²) in [5.41, 5.74) is 0.268. The standard InChI is InChI=1S/C18H24FNO3S/c1-3-5-10-23-18(22)15-12-24-16(7-4-2)20(15)17(21)13-8-6-9-14(19)11-13/h6,8-9,11,15-16H,3-5,7,10,12H2,1-2H3. The molecule has 1 fully saturated rings. The summed E-state index contributed by atoms with van der Waals surface area (Å²) in [5.74, 6) is -0.604. The largest absolute Gasteiger partial charge is 0.464 e. The molecule has 0 saturated carbocycles. The normalized spacial score (nSPS) is 20.2. The Balaban J connectivity index is 2.18. The van der Waals surface area contributed by atoms with Crippen molar-refractivity contribution in [2.45, 2.75) is 50.9 Å². The van der Waals surface area contributed by atoms with E-state index in [9.17, 15) is 14.0 Å². The number of ether oxygens (including phenoxy) is 1. The SMILES string of the molecule is CCCCOC(=O)C1CSC(CCC)N1C(=O)c1cccc(F)c1. The topological polar surface area (TPSA) is 46.6 Å². The highest BCUT2D eigenvalue weighted by Gasteiger charge is 2.42. The molecule has 24 heavy (non-hydrogen) atoms. The summed E-state index contributed by atoms with van der Waals surface area (Å²) in [7, 11) is 0. The van der Waals surface area contributed by atoms with Gasteiger partial charge in [0.05, 0.1) is 12.0 Å². The number of carbonyl (C=O) groups excluding carboxylic acids is 2. The van der Waals surface area contributed by atoms with Gasteiger partial charge in [-0.2, -0.15) is 0 Å². The number of amides is 1. The molecular weight excluding hydrogens is 329 g/mol. The molecule has 2 rings (SSSR count). The number of esters is 1. The fraction of sp³-hybridized carbons (Fsp3) is 0.556. The zero-order valence-corrected chi connectivity index (χ0v) is 15.0. The molecule has 0 N–H and O–H groups in total. The fourth-order valence-electron chi connectivity index (χ4n) is 2.67. The van der Waals surface area contributed by atoms with Crippen LogP contribution in [0.4, 0.5) is 4.39 Å². The van der Waals surface area contributed by atoms with Crippen molar-refractivity contribution in [3.8, 4) is 0 Å². The van der Waals surface area contributed by atoms with Crippen molar-refractivity contribution in [3.63, 3.8) is 0 Å². The molecule has 0 bridgehead atoms. The Kier molecular flexibility index (Phi) is 7.09. The van der Waals surface area contributed by atoms with Crippen LogP contribution in [0.1, 0.15) is 49.9 Å². The first-order chi connectivity index (χ1) is 11.6. The third kappa shape index (κ3) is 4.50. The maximum atomic E-state index is 13.5. The molecule has 4 nitrogen and oxygen atoms in total. The van der Waals surface area contributed by atoms with E-state index in [2.05, 4.69) is 0 Å². The number of hydrogen-bond donors (Lipinski definition) is 0. The monoisotopic (exact) mass is 353 g/mol. The fourth-order valence-corrected chi connectivity index (χ4v) is 4.18. The first kappa shape index (κ1) is 18.8. The molecule has 0 aliphatic carbocycles. The van der Waals surface area contributed by atoms with Crippen molar-refractivity contribution in [3.05, 3.63) is 35.6 Å². The molecule has 2 atom stereocenters. The zero-order valence-electron chi connectivity index (χ0n) is 14.2. The molecule has 2 unspecified atom stereocenters. The minimum absolute atomic E-state index is 0.0745. The van der Waals surface area contributed by atoms with E-state index in [1.165, 1.54) is 18.2 Å². The van der Waals surface area contributed by atoms with Crippen molar-refractivity contribution in [2.24, 2.45) is 0 Å². The van der Waals surface area contributed by atoms with Gasteiger partial charge in [0.25, 0.3) is 5.91 Å². The van der Waals surface area contributed by atoms with Gasteiger partial charge in [0, 0.05) is 11.3 Å². The highest BCUT2D eigenvalue weighted by atomic mass is 32.2. The molecule has 1 saturated heterocycles. The van der Waals surface area contributed by atoms with Gasteiger partial charge in [-0.15, -0.1) is 11.8 Å². The summed E-state index contributed by atoms with van der Waals surface area (Å²) < 4.78 is 18.8. The minimum atomic E-state index is -0.598. The Morgan fingerprint density at radius 3 is 2.79 bits per heavy atom. The van der Waals surface area contributed by atoms with Gasteiger partial charge in [0.15, 0.2) is 0 Å². The maximum Gasteiger partial charge on any atom is 0.329 e. The van der Waals surface area contributed by atoms with Gasteiger partial charge in [0.2, 0.25) is 0 Å². The smallest absolute Gasteiger partial charge is 0.329 e. The first-order valence-electron chi connectivity index (χ1n) is 8.45. The van der Waals surface area contributed by atoms with Crippen LogP contribution in [0.2, 0.25) is 0 Å². The molecule has 1 heterocycles. The van der Waals surface area contributed by atoms with E-state index in [0.29, 0.717) is 12.4 Å². The molecule has 1 amide bonds. The van der Waals surface area contributed by atoms with Crippen LogP contribution in [0.15, 0.2) is 24.3 Å². The van der Waals surface area contributed by atoms with Crippen LogP contribution in [0.25, 0.3) is 0 Å². The van der Waals surface area contributed by atoms with E-state index in [1.807, 2.05) is 13.8 Å². The van der Waals surface area contributed by atoms with Gasteiger partial charge in [0.1, 0.15) is 11.9 Å². The Bertz CT molecular complexity index is 581. The predicted octanol–water partition coefficient (Wildman–Crippen LogP) is 3.85. The van der Waals surface area contributed by atoms with E-state index in [0.717, 1.165) is 25.7 Å². The molecule has 1 aromatic rings. The summed E-state index contributed by atoms with van der Waals surface area (Å²) in [6.45, 7) is 4.44. The Labute approximate surface area is 146 Å². The van der Waals surface area contributed by atoms with Gasteiger partial charge >= 0.3 is 5.97 Å². The van der Waals surface area contributed by atoms with Gasteiger partial charge in [-0.1, -0.05) is 32.8 Å². The highest BCUT2D eigenvalue weighted by molar-refractivity contribution is 8.00. The summed E-state index contributed by atoms with van der Waals surface area (Å²) >= 11 is 1.59. The van der Waals surface area contributed by atoms with Crippen molar-refractivity contribution < 1.29 is 18.7 Å². The molecule has 1 aliphatic heterocycles. The van der Waals surface area contributed by atoms with Crippen molar-refractivity contribution in [1.82, 2.24) is 4.90 Å². The number of thioether (sulfide) groups is 1. The summed E-state index contributed by atoms with van der Waals surface area (Å²) in [6.07, 6.45) is 3.45. The van der Waals surface area contributed by atoms with Gasteiger partial charge in [-0.25, -0.2) is 9.18 Å². The summed E-state index contributed by atoms with van der Waals surface area (Å²) in [5, 5.41) is -0.0745. The van der Waals surface area contributed by atoms with Crippen LogP contribution < -0.4 is 0 Å².